The van der Waals surface area contributed by atoms with E-state index in [9.17, 15) is 9.59 Å². The summed E-state index contributed by atoms with van der Waals surface area (Å²) in [5, 5.41) is 5.44. The molecule has 0 aliphatic carbocycles. The van der Waals surface area contributed by atoms with E-state index in [4.69, 9.17) is 34.8 Å². The smallest absolute Gasteiger partial charge is 0.295 e. The van der Waals surface area contributed by atoms with Gasteiger partial charge in [0.15, 0.2) is 0 Å². The lowest BCUT2D eigenvalue weighted by atomic mass is 10.3. The maximum Gasteiger partial charge on any atom is 0.295 e. The van der Waals surface area contributed by atoms with E-state index in [-0.39, 0.29) is 23.6 Å². The Morgan fingerprint density at radius 3 is 2.36 bits per heavy atom. The molecule has 0 fully saturated rings. The van der Waals surface area contributed by atoms with E-state index in [0.717, 1.165) is 0 Å². The normalized spacial score (nSPS) is 12.7. The fraction of sp³-hybridized carbons (Fsp3) is 0.375. The minimum absolute atomic E-state index is 0.223. The highest BCUT2D eigenvalue weighted by molar-refractivity contribution is 6.68. The lowest BCUT2D eigenvalue weighted by molar-refractivity contribution is -0.121. The third kappa shape index (κ3) is 4.32. The van der Waals surface area contributed by atoms with Crippen molar-refractivity contribution in [3.8, 4) is 5.69 Å². The van der Waals surface area contributed by atoms with Crippen molar-refractivity contribution in [1.82, 2.24) is 14.7 Å². The van der Waals surface area contributed by atoms with Gasteiger partial charge < -0.3 is 10.6 Å². The molecule has 2 rings (SSSR count). The van der Waals surface area contributed by atoms with Crippen molar-refractivity contribution in [2.24, 2.45) is 7.05 Å². The summed E-state index contributed by atoms with van der Waals surface area (Å²) in [4.78, 5) is 24.6. The zero-order valence-electron chi connectivity index (χ0n) is 14.0. The Balaban J connectivity index is 2.46. The van der Waals surface area contributed by atoms with Crippen molar-refractivity contribution < 1.29 is 4.79 Å². The highest BCUT2D eigenvalue weighted by atomic mass is 35.6. The minimum Gasteiger partial charge on any atom is -0.356 e. The molecule has 2 aromatic rings. The second kappa shape index (κ2) is 7.72. The van der Waals surface area contributed by atoms with Crippen LogP contribution in [-0.4, -0.2) is 25.2 Å². The first-order valence-corrected chi connectivity index (χ1v) is 8.76. The minimum atomic E-state index is -1.84. The number of amides is 1. The number of hydrogen-bond acceptors (Lipinski definition) is 3. The van der Waals surface area contributed by atoms with Gasteiger partial charge in [0.1, 0.15) is 11.9 Å². The summed E-state index contributed by atoms with van der Waals surface area (Å²) >= 11 is 17.9. The number of para-hydroxylation sites is 1. The first-order chi connectivity index (χ1) is 11.7. The third-order valence-corrected chi connectivity index (χ3v) is 4.45. The summed E-state index contributed by atoms with van der Waals surface area (Å²) in [6, 6.07) is 9.17. The van der Waals surface area contributed by atoms with Gasteiger partial charge in [-0.05, 0) is 19.1 Å². The molecule has 1 aromatic heterocycles. The molecule has 0 bridgehead atoms. The van der Waals surface area contributed by atoms with E-state index < -0.39 is 9.96 Å². The van der Waals surface area contributed by atoms with Crippen LogP contribution in [0.4, 0.5) is 5.69 Å². The van der Waals surface area contributed by atoms with Crippen molar-refractivity contribution in [1.29, 1.82) is 0 Å². The highest BCUT2D eigenvalue weighted by Gasteiger charge is 2.35. The van der Waals surface area contributed by atoms with Gasteiger partial charge in [-0.25, -0.2) is 4.68 Å². The van der Waals surface area contributed by atoms with Crippen LogP contribution in [0.5, 0.6) is 0 Å². The van der Waals surface area contributed by atoms with E-state index in [1.807, 2.05) is 30.3 Å². The summed E-state index contributed by atoms with van der Waals surface area (Å²) in [5.74, 6) is -0.305. The van der Waals surface area contributed by atoms with Gasteiger partial charge in [-0.1, -0.05) is 59.9 Å². The van der Waals surface area contributed by atoms with E-state index in [2.05, 4.69) is 10.6 Å². The molecular formula is C16H19Cl3N4O2. The Morgan fingerprint density at radius 2 is 1.84 bits per heavy atom. The van der Waals surface area contributed by atoms with Crippen LogP contribution in [-0.2, 0) is 11.8 Å². The summed E-state index contributed by atoms with van der Waals surface area (Å²) in [6.45, 7) is 3.45. The van der Waals surface area contributed by atoms with Crippen molar-refractivity contribution in [2.75, 3.05) is 5.32 Å². The van der Waals surface area contributed by atoms with Crippen LogP contribution in [0.3, 0.4) is 0 Å². The highest BCUT2D eigenvalue weighted by Crippen LogP contribution is 2.31. The quantitative estimate of drug-likeness (QED) is 0.593. The molecule has 0 aliphatic rings. The number of benzene rings is 1. The maximum atomic E-state index is 12.9. The number of carbonyl (C=O) groups is 1. The van der Waals surface area contributed by atoms with E-state index in [1.54, 1.807) is 25.6 Å². The molecule has 6 nitrogen and oxygen atoms in total. The summed E-state index contributed by atoms with van der Waals surface area (Å²) in [5.41, 5.74) is 1.28. The number of hydrogen-bond donors (Lipinski definition) is 2. The van der Waals surface area contributed by atoms with E-state index in [0.29, 0.717) is 11.4 Å². The molecule has 9 heteroatoms. The van der Waals surface area contributed by atoms with Gasteiger partial charge in [-0.3, -0.25) is 14.3 Å². The van der Waals surface area contributed by atoms with Crippen molar-refractivity contribution >= 4 is 46.4 Å². The molecule has 0 aliphatic heterocycles. The molecule has 0 saturated heterocycles. The van der Waals surface area contributed by atoms with Crippen LogP contribution >= 0.6 is 34.8 Å². The SMILES string of the molecule is CCC(=O)N[C@@H](Nc1c(C)n(C)n(-c2ccccc2)c1=O)C(Cl)(Cl)Cl. The second-order valence-electron chi connectivity index (χ2n) is 5.48. The number of halogens is 3. The van der Waals surface area contributed by atoms with Crippen molar-refractivity contribution in [3.05, 3.63) is 46.4 Å². The van der Waals surface area contributed by atoms with Gasteiger partial charge in [0.05, 0.1) is 11.4 Å². The van der Waals surface area contributed by atoms with E-state index >= 15 is 0 Å². The zero-order valence-corrected chi connectivity index (χ0v) is 16.3. The number of carbonyl (C=O) groups excluding carboxylic acids is 1. The molecule has 0 radical (unpaired) electrons. The molecule has 25 heavy (non-hydrogen) atoms. The van der Waals surface area contributed by atoms with Crippen LogP contribution in [0, 0.1) is 6.92 Å². The van der Waals surface area contributed by atoms with Gasteiger partial charge in [-0.2, -0.15) is 0 Å². The summed E-state index contributed by atoms with van der Waals surface area (Å²) in [6.07, 6.45) is -0.830. The molecular weight excluding hydrogens is 387 g/mol. The number of rotatable bonds is 5. The van der Waals surface area contributed by atoms with Crippen molar-refractivity contribution in [2.45, 2.75) is 30.2 Å². The summed E-state index contributed by atoms with van der Waals surface area (Å²) < 4.78 is 1.35. The second-order valence-corrected chi connectivity index (χ2v) is 7.85. The molecule has 1 atom stereocenters. The molecule has 136 valence electrons. The molecule has 1 aromatic carbocycles. The molecule has 2 N–H and O–H groups in total. The number of nitrogens with zero attached hydrogens (tertiary/aromatic N) is 2. The Hall–Kier alpha value is -1.63. The Labute approximate surface area is 160 Å². The van der Waals surface area contributed by atoms with Crippen LogP contribution in [0.1, 0.15) is 19.0 Å². The Kier molecular flexibility index (Phi) is 6.08. The van der Waals surface area contributed by atoms with Gasteiger partial charge >= 0.3 is 0 Å². The summed E-state index contributed by atoms with van der Waals surface area (Å²) in [7, 11) is 1.75. The first-order valence-electron chi connectivity index (χ1n) is 7.63. The molecule has 0 saturated carbocycles. The largest absolute Gasteiger partial charge is 0.356 e. The van der Waals surface area contributed by atoms with Crippen LogP contribution in [0.15, 0.2) is 35.1 Å². The van der Waals surface area contributed by atoms with Gasteiger partial charge in [0.2, 0.25) is 9.70 Å². The predicted molar refractivity (Wildman–Crippen MR) is 102 cm³/mol. The number of nitrogens with one attached hydrogen (secondary N) is 2. The number of anilines is 1. The van der Waals surface area contributed by atoms with Crippen LogP contribution in [0.2, 0.25) is 0 Å². The topological polar surface area (TPSA) is 68.1 Å². The number of alkyl halides is 3. The number of aromatic nitrogens is 2. The zero-order chi connectivity index (χ0) is 18.8. The predicted octanol–water partition coefficient (Wildman–Crippen LogP) is 3.12. The molecule has 0 spiro atoms. The first kappa shape index (κ1) is 19.7. The third-order valence-electron chi connectivity index (χ3n) is 3.80. The van der Waals surface area contributed by atoms with Gasteiger partial charge in [0, 0.05) is 13.5 Å². The Bertz CT molecular complexity index is 809. The average molecular weight is 406 g/mol. The fourth-order valence-corrected chi connectivity index (χ4v) is 2.67. The Morgan fingerprint density at radius 1 is 1.24 bits per heavy atom. The van der Waals surface area contributed by atoms with Gasteiger partial charge in [0.25, 0.3) is 5.56 Å². The lowest BCUT2D eigenvalue weighted by Gasteiger charge is -2.26. The van der Waals surface area contributed by atoms with E-state index in [1.165, 1.54) is 4.68 Å². The van der Waals surface area contributed by atoms with Crippen molar-refractivity contribution in [3.63, 3.8) is 0 Å². The molecule has 1 heterocycles. The van der Waals surface area contributed by atoms with Crippen LogP contribution < -0.4 is 16.2 Å². The van der Waals surface area contributed by atoms with Crippen LogP contribution in [0.25, 0.3) is 5.69 Å². The van der Waals surface area contributed by atoms with Gasteiger partial charge in [-0.15, -0.1) is 0 Å². The monoisotopic (exact) mass is 404 g/mol. The molecule has 1 amide bonds. The maximum absolute atomic E-state index is 12.9. The fourth-order valence-electron chi connectivity index (χ4n) is 2.34. The average Bonchev–Trinajstić information content (AvgIpc) is 2.77. The standard InChI is InChI=1S/C16H19Cl3N4O2/c1-4-12(24)20-15(16(17,18)19)21-13-10(2)22(3)23(14(13)25)11-8-6-5-7-9-11/h5-9,15,21H,4H2,1-3H3,(H,20,24)/t15-/m0/s1. The molecule has 0 unspecified atom stereocenters. The lowest BCUT2D eigenvalue weighted by Crippen LogP contribution is -2.49.